The number of nitrogens with zero attached hydrogens (tertiary/aromatic N) is 1. The average molecular weight is 265 g/mol. The summed E-state index contributed by atoms with van der Waals surface area (Å²) in [6.45, 7) is 0. The third kappa shape index (κ3) is 2.33. The van der Waals surface area contributed by atoms with Gasteiger partial charge in [-0.15, -0.1) is 0 Å². The van der Waals surface area contributed by atoms with Gasteiger partial charge in [0.15, 0.2) is 5.78 Å². The first kappa shape index (κ1) is 10.1. The topological polar surface area (TPSA) is 45.8 Å². The van der Waals surface area contributed by atoms with Crippen molar-refractivity contribution in [2.75, 3.05) is 0 Å². The van der Waals surface area contributed by atoms with Crippen molar-refractivity contribution in [1.29, 1.82) is 0 Å². The van der Waals surface area contributed by atoms with E-state index in [1.165, 1.54) is 0 Å². The molecule has 76 valence electrons. The van der Waals surface area contributed by atoms with Crippen molar-refractivity contribution in [3.8, 4) is 0 Å². The van der Waals surface area contributed by atoms with Gasteiger partial charge in [-0.05, 0) is 11.6 Å². The van der Waals surface area contributed by atoms with E-state index in [-0.39, 0.29) is 5.78 Å². The molecule has 0 atom stereocenters. The lowest BCUT2D eigenvalue weighted by molar-refractivity contribution is 0.0993. The first-order chi connectivity index (χ1) is 7.27. The van der Waals surface area contributed by atoms with Gasteiger partial charge in [-0.1, -0.05) is 34.1 Å². The maximum absolute atomic E-state index is 11.7. The van der Waals surface area contributed by atoms with Gasteiger partial charge >= 0.3 is 0 Å². The summed E-state index contributed by atoms with van der Waals surface area (Å²) >= 11 is 3.41. The SMILES string of the molecule is O=C(Cc1ccccc1Br)c1cn[nH]c1. The Labute approximate surface area is 95.6 Å². The van der Waals surface area contributed by atoms with Crippen molar-refractivity contribution in [1.82, 2.24) is 10.2 Å². The summed E-state index contributed by atoms with van der Waals surface area (Å²) in [5, 5.41) is 6.38. The second-order valence-electron chi connectivity index (χ2n) is 3.18. The van der Waals surface area contributed by atoms with Gasteiger partial charge in [-0.25, -0.2) is 0 Å². The van der Waals surface area contributed by atoms with Gasteiger partial charge in [0.05, 0.1) is 11.8 Å². The highest BCUT2D eigenvalue weighted by atomic mass is 79.9. The van der Waals surface area contributed by atoms with E-state index in [9.17, 15) is 4.79 Å². The van der Waals surface area contributed by atoms with Crippen LogP contribution in [-0.4, -0.2) is 16.0 Å². The maximum atomic E-state index is 11.7. The van der Waals surface area contributed by atoms with Crippen LogP contribution in [0, 0.1) is 0 Å². The molecule has 0 saturated carbocycles. The van der Waals surface area contributed by atoms with Crippen molar-refractivity contribution in [2.24, 2.45) is 0 Å². The molecule has 1 N–H and O–H groups in total. The minimum atomic E-state index is 0.0654. The zero-order valence-electron chi connectivity index (χ0n) is 7.90. The molecule has 0 aliphatic heterocycles. The fraction of sp³-hybridized carbons (Fsp3) is 0.0909. The predicted molar refractivity (Wildman–Crippen MR) is 60.8 cm³/mol. The summed E-state index contributed by atoms with van der Waals surface area (Å²) in [5.74, 6) is 0.0654. The van der Waals surface area contributed by atoms with Gasteiger partial charge in [-0.3, -0.25) is 9.89 Å². The molecule has 0 saturated heterocycles. The third-order valence-electron chi connectivity index (χ3n) is 2.13. The highest BCUT2D eigenvalue weighted by molar-refractivity contribution is 9.10. The standard InChI is InChI=1S/C11H9BrN2O/c12-10-4-2-1-3-8(10)5-11(15)9-6-13-14-7-9/h1-4,6-7H,5H2,(H,13,14). The van der Waals surface area contributed by atoms with E-state index in [1.807, 2.05) is 24.3 Å². The molecule has 3 nitrogen and oxygen atoms in total. The first-order valence-corrected chi connectivity index (χ1v) is 5.32. The molecule has 15 heavy (non-hydrogen) atoms. The van der Waals surface area contributed by atoms with Gasteiger partial charge in [0, 0.05) is 17.1 Å². The number of aromatic nitrogens is 2. The van der Waals surface area contributed by atoms with E-state index in [0.717, 1.165) is 10.0 Å². The summed E-state index contributed by atoms with van der Waals surface area (Å²) in [6, 6.07) is 7.71. The van der Waals surface area contributed by atoms with Gasteiger partial charge in [-0.2, -0.15) is 5.10 Å². The molecule has 0 aliphatic rings. The van der Waals surface area contributed by atoms with Crippen molar-refractivity contribution >= 4 is 21.7 Å². The van der Waals surface area contributed by atoms with Crippen LogP contribution in [0.5, 0.6) is 0 Å². The number of hydrogen-bond acceptors (Lipinski definition) is 2. The Morgan fingerprint density at radius 2 is 2.20 bits per heavy atom. The molecule has 2 aromatic rings. The first-order valence-electron chi connectivity index (χ1n) is 4.53. The number of carbonyl (C=O) groups excluding carboxylic acids is 1. The summed E-state index contributed by atoms with van der Waals surface area (Å²) in [7, 11) is 0. The van der Waals surface area contributed by atoms with Crippen LogP contribution in [0.15, 0.2) is 41.1 Å². The van der Waals surface area contributed by atoms with E-state index in [4.69, 9.17) is 0 Å². The number of aromatic amines is 1. The molecule has 0 amide bonds. The van der Waals surface area contributed by atoms with Crippen LogP contribution >= 0.6 is 15.9 Å². The summed E-state index contributed by atoms with van der Waals surface area (Å²) in [4.78, 5) is 11.7. The molecule has 0 radical (unpaired) electrons. The number of rotatable bonds is 3. The minimum absolute atomic E-state index is 0.0654. The fourth-order valence-corrected chi connectivity index (χ4v) is 1.75. The average Bonchev–Trinajstić information content (AvgIpc) is 2.74. The summed E-state index contributed by atoms with van der Waals surface area (Å²) < 4.78 is 0.960. The molecule has 4 heteroatoms. The second-order valence-corrected chi connectivity index (χ2v) is 4.03. The van der Waals surface area contributed by atoms with Crippen LogP contribution in [0.4, 0.5) is 0 Å². The maximum Gasteiger partial charge on any atom is 0.170 e. The van der Waals surface area contributed by atoms with Crippen LogP contribution in [0.1, 0.15) is 15.9 Å². The molecule has 1 aromatic carbocycles. The molecular weight excluding hydrogens is 256 g/mol. The van der Waals surface area contributed by atoms with Crippen molar-refractivity contribution in [2.45, 2.75) is 6.42 Å². The van der Waals surface area contributed by atoms with Gasteiger partial charge in [0.25, 0.3) is 0 Å². The lowest BCUT2D eigenvalue weighted by atomic mass is 10.1. The predicted octanol–water partition coefficient (Wildman–Crippen LogP) is 2.60. The fourth-order valence-electron chi connectivity index (χ4n) is 1.32. The van der Waals surface area contributed by atoms with Crippen LogP contribution in [0.3, 0.4) is 0 Å². The number of benzene rings is 1. The largest absolute Gasteiger partial charge is 0.294 e. The van der Waals surface area contributed by atoms with Gasteiger partial charge < -0.3 is 0 Å². The van der Waals surface area contributed by atoms with Crippen LogP contribution < -0.4 is 0 Å². The Morgan fingerprint density at radius 1 is 1.40 bits per heavy atom. The van der Waals surface area contributed by atoms with Gasteiger partial charge in [0.1, 0.15) is 0 Å². The Hall–Kier alpha value is -1.42. The van der Waals surface area contributed by atoms with E-state index in [2.05, 4.69) is 26.1 Å². The molecule has 1 heterocycles. The quantitative estimate of drug-likeness (QED) is 0.867. The Bertz CT molecular complexity index is 465. The number of carbonyl (C=O) groups is 1. The third-order valence-corrected chi connectivity index (χ3v) is 2.90. The Balaban J connectivity index is 2.17. The number of Topliss-reactive ketones (excluding diaryl/α,β-unsaturated/α-hetero) is 1. The molecule has 1 aromatic heterocycles. The monoisotopic (exact) mass is 264 g/mol. The molecule has 0 bridgehead atoms. The van der Waals surface area contributed by atoms with E-state index in [1.54, 1.807) is 12.4 Å². The van der Waals surface area contributed by atoms with Crippen LogP contribution in [-0.2, 0) is 6.42 Å². The highest BCUT2D eigenvalue weighted by Gasteiger charge is 2.09. The number of H-pyrrole nitrogens is 1. The van der Waals surface area contributed by atoms with Crippen LogP contribution in [0.2, 0.25) is 0 Å². The van der Waals surface area contributed by atoms with E-state index in [0.29, 0.717) is 12.0 Å². The molecule has 0 spiro atoms. The summed E-state index contributed by atoms with van der Waals surface area (Å²) in [5.41, 5.74) is 1.61. The smallest absolute Gasteiger partial charge is 0.170 e. The molecule has 0 aliphatic carbocycles. The number of nitrogens with one attached hydrogen (secondary N) is 1. The highest BCUT2D eigenvalue weighted by Crippen LogP contribution is 2.17. The Kier molecular flexibility index (Phi) is 2.97. The number of halogens is 1. The minimum Gasteiger partial charge on any atom is -0.294 e. The zero-order chi connectivity index (χ0) is 10.7. The van der Waals surface area contributed by atoms with E-state index >= 15 is 0 Å². The lowest BCUT2D eigenvalue weighted by Gasteiger charge is -2.01. The van der Waals surface area contributed by atoms with Gasteiger partial charge in [0.2, 0.25) is 0 Å². The van der Waals surface area contributed by atoms with Crippen molar-refractivity contribution in [3.63, 3.8) is 0 Å². The van der Waals surface area contributed by atoms with Crippen LogP contribution in [0.25, 0.3) is 0 Å². The number of hydrogen-bond donors (Lipinski definition) is 1. The van der Waals surface area contributed by atoms with Crippen molar-refractivity contribution in [3.05, 3.63) is 52.3 Å². The molecular formula is C11H9BrN2O. The number of ketones is 1. The van der Waals surface area contributed by atoms with Crippen molar-refractivity contribution < 1.29 is 4.79 Å². The summed E-state index contributed by atoms with van der Waals surface area (Å²) in [6.07, 6.45) is 3.54. The zero-order valence-corrected chi connectivity index (χ0v) is 9.49. The lowest BCUT2D eigenvalue weighted by Crippen LogP contribution is -2.02. The second kappa shape index (κ2) is 4.40. The molecule has 2 rings (SSSR count). The van der Waals surface area contributed by atoms with E-state index < -0.39 is 0 Å². The molecule has 0 fully saturated rings. The normalized spacial score (nSPS) is 10.2. The molecule has 0 unspecified atom stereocenters. The Morgan fingerprint density at radius 3 is 2.87 bits per heavy atom.